The lowest BCUT2D eigenvalue weighted by atomic mass is 10.0. The highest BCUT2D eigenvalue weighted by molar-refractivity contribution is 5.94. The number of nitrogens with two attached hydrogens (primary N) is 2. The average Bonchev–Trinajstić information content (AvgIpc) is 3.35. The van der Waals surface area contributed by atoms with E-state index in [1.807, 2.05) is 0 Å². The molecule has 0 saturated carbocycles. The van der Waals surface area contributed by atoms with Crippen molar-refractivity contribution >= 4 is 53.4 Å². The maximum atomic E-state index is 13.9. The van der Waals surface area contributed by atoms with Crippen molar-refractivity contribution in [2.45, 2.75) is 150 Å². The van der Waals surface area contributed by atoms with Gasteiger partial charge in [-0.1, -0.05) is 24.3 Å². The van der Waals surface area contributed by atoms with Gasteiger partial charge in [-0.05, 0) is 56.1 Å². The van der Waals surface area contributed by atoms with Crippen LogP contribution in [-0.2, 0) is 51.3 Å². The Labute approximate surface area is 419 Å². The number of nitrogens with one attached hydrogen (secondary N) is 7. The van der Waals surface area contributed by atoms with E-state index in [1.54, 1.807) is 24.3 Å². The maximum Gasteiger partial charge on any atom is 0.320 e. The summed E-state index contributed by atoms with van der Waals surface area (Å²) in [6, 6.07) is 0.150. The predicted molar refractivity (Wildman–Crippen MR) is 252 cm³/mol. The van der Waals surface area contributed by atoms with Gasteiger partial charge in [0.2, 0.25) is 35.4 Å². The first kappa shape index (κ1) is 64.9. The topological polar surface area (TPSA) is 512 Å². The first-order chi connectivity index (χ1) is 34.4. The van der Waals surface area contributed by atoms with E-state index in [-0.39, 0.29) is 38.8 Å². The molecule has 1 aromatic rings. The van der Waals surface area contributed by atoms with Gasteiger partial charge in [0.1, 0.15) is 48.6 Å². The number of amides is 8. The van der Waals surface area contributed by atoms with Crippen LogP contribution in [0.2, 0.25) is 0 Å². The van der Waals surface area contributed by atoms with E-state index in [0.717, 1.165) is 0 Å². The maximum absolute atomic E-state index is 13.9. The first-order valence-electron chi connectivity index (χ1n) is 23.4. The van der Waals surface area contributed by atoms with Crippen LogP contribution in [0.4, 0.5) is 4.79 Å². The third-order valence-electron chi connectivity index (χ3n) is 11.0. The molecule has 8 amide bonds. The van der Waals surface area contributed by atoms with Crippen LogP contribution >= 0.6 is 0 Å². The fourth-order valence-electron chi connectivity index (χ4n) is 6.59. The van der Waals surface area contributed by atoms with E-state index in [4.69, 9.17) is 26.8 Å². The van der Waals surface area contributed by atoms with Gasteiger partial charge in [-0.2, -0.15) is 0 Å². The number of urea groups is 1. The molecule has 73 heavy (non-hydrogen) atoms. The molecular weight excluding hydrogens is 975 g/mol. The fraction of sp³-hybridized carbons (Fsp3) is 0.659. The van der Waals surface area contributed by atoms with Crippen molar-refractivity contribution in [3.63, 3.8) is 0 Å². The number of hydrogen-bond acceptors (Lipinski definition) is 19. The molecule has 22 N–H and O–H groups in total. The molecular formula is C44H73N9O20. The van der Waals surface area contributed by atoms with E-state index in [9.17, 15) is 84.0 Å². The molecule has 29 nitrogen and oxygen atoms in total. The molecule has 29 heteroatoms. The Hall–Kier alpha value is -6.15. The molecule has 0 spiro atoms. The van der Waals surface area contributed by atoms with Gasteiger partial charge in [-0.25, -0.2) is 4.79 Å². The molecule has 1 rings (SSSR count). The van der Waals surface area contributed by atoms with Crippen molar-refractivity contribution < 1.29 is 99.3 Å². The molecule has 1 aromatic carbocycles. The normalized spacial score (nSPS) is 15.8. The third kappa shape index (κ3) is 27.5. The Morgan fingerprint density at radius 1 is 0.534 bits per heavy atom. The molecule has 0 fully saturated rings. The van der Waals surface area contributed by atoms with Crippen LogP contribution in [0, 0.1) is 0 Å². The van der Waals surface area contributed by atoms with E-state index < -0.39 is 185 Å². The highest BCUT2D eigenvalue weighted by Gasteiger charge is 2.32. The molecule has 0 aliphatic carbocycles. The largest absolute Gasteiger partial charge is 0.481 e. The lowest BCUT2D eigenvalue weighted by molar-refractivity contribution is -0.139. The Balaban J connectivity index is 3.15. The minimum Gasteiger partial charge on any atom is -0.481 e. The molecule has 0 aliphatic heterocycles. The fourth-order valence-corrected chi connectivity index (χ4v) is 6.59. The second-order valence-electron chi connectivity index (χ2n) is 17.2. The van der Waals surface area contributed by atoms with Crippen LogP contribution in [0.5, 0.6) is 0 Å². The van der Waals surface area contributed by atoms with Crippen molar-refractivity contribution in [3.8, 4) is 0 Å². The Bertz CT molecular complexity index is 1920. The summed E-state index contributed by atoms with van der Waals surface area (Å²) in [4.78, 5) is 113. The summed E-state index contributed by atoms with van der Waals surface area (Å²) in [6.07, 6.45) is -14.5. The SMILES string of the molecule is NC(=O)[C@H](CCC(=O)NC[C@H](O)[C@@H](O)[C@H](O)[C@H](O)CO)NC(=O)[C@@H](CCCC(=O)O)NC(=O)[C@H](CCC(=O)NC[C@H](O)C[C@H](O)[C@H](O)CO)NC(=O)Cc1ccc(CNC(=O)NCCCC[C@H](N)C(=O)O)cc1. The van der Waals surface area contributed by atoms with Gasteiger partial charge in [-0.15, -0.1) is 0 Å². The van der Waals surface area contributed by atoms with Crippen LogP contribution in [-0.4, -0.2) is 209 Å². The number of carboxylic acids is 2. The predicted octanol–water partition coefficient (Wildman–Crippen LogP) is -7.50. The quantitative estimate of drug-likeness (QED) is 0.0274. The van der Waals surface area contributed by atoms with Gasteiger partial charge in [0.15, 0.2) is 0 Å². The summed E-state index contributed by atoms with van der Waals surface area (Å²) in [7, 11) is 0. The smallest absolute Gasteiger partial charge is 0.320 e. The Morgan fingerprint density at radius 2 is 1.07 bits per heavy atom. The molecule has 0 aromatic heterocycles. The summed E-state index contributed by atoms with van der Waals surface area (Å²) in [6.45, 7) is -2.46. The number of benzene rings is 1. The molecule has 11 atom stereocenters. The number of aliphatic carboxylic acids is 2. The number of rotatable bonds is 38. The lowest BCUT2D eigenvalue weighted by Gasteiger charge is -2.26. The van der Waals surface area contributed by atoms with Gasteiger partial charge >= 0.3 is 18.0 Å². The number of aliphatic hydroxyl groups is 9. The molecule has 0 bridgehead atoms. The summed E-state index contributed by atoms with van der Waals surface area (Å²) in [5, 5.41) is 122. The van der Waals surface area contributed by atoms with Crippen molar-refractivity contribution in [2.24, 2.45) is 11.5 Å². The zero-order valence-electron chi connectivity index (χ0n) is 40.1. The Morgan fingerprint density at radius 3 is 1.63 bits per heavy atom. The molecule has 414 valence electrons. The number of hydrogen-bond donors (Lipinski definition) is 20. The van der Waals surface area contributed by atoms with Crippen molar-refractivity contribution in [3.05, 3.63) is 35.4 Å². The molecule has 0 saturated heterocycles. The number of unbranched alkanes of at least 4 members (excludes halogenated alkanes) is 1. The number of carbonyl (C=O) groups excluding carboxylic acids is 7. The van der Waals surface area contributed by atoms with E-state index in [0.29, 0.717) is 24.0 Å². The number of primary amides is 1. The standard InChI is InChI=1S/C44H73N9O20/c45-26(43(71)72)4-1-2-15-47-44(73)50-18-24-9-7-23(8-10-24)16-36(63)51-29(12-14-34(61)48-19-25(56)17-30(57)32(59)21-54)42(70)53-28(5-3-6-37(64)65)41(69)52-27(40(46)68)11-13-35(62)49-20-31(58)38(66)39(67)33(60)22-55/h7-10,25-33,38-39,54-60,66-67H,1-6,11-22,45H2,(H2,46,68)(H,48,61)(H,49,62)(H,51,63)(H,52,69)(H,53,70)(H,64,65)(H,71,72)(H2,47,50,73)/t25-,26+,27+,28-,29+,30+,31+,32-,33-,38-,39-/m1/s1. The molecule has 0 radical (unpaired) electrons. The summed E-state index contributed by atoms with van der Waals surface area (Å²) in [5.74, 6) is -7.99. The monoisotopic (exact) mass is 1050 g/mol. The van der Waals surface area contributed by atoms with Crippen LogP contribution < -0.4 is 48.7 Å². The van der Waals surface area contributed by atoms with Gasteiger partial charge in [0, 0.05) is 51.9 Å². The number of aliphatic hydroxyl groups excluding tert-OH is 9. The summed E-state index contributed by atoms with van der Waals surface area (Å²) < 4.78 is 0. The van der Waals surface area contributed by atoms with Crippen molar-refractivity contribution in [2.75, 3.05) is 32.8 Å². The zero-order chi connectivity index (χ0) is 55.2. The second-order valence-corrected chi connectivity index (χ2v) is 17.2. The lowest BCUT2D eigenvalue weighted by Crippen LogP contribution is -2.56. The van der Waals surface area contributed by atoms with Gasteiger partial charge < -0.3 is 105 Å². The minimum atomic E-state index is -1.99. The van der Waals surface area contributed by atoms with Crippen LogP contribution in [0.1, 0.15) is 81.8 Å². The van der Waals surface area contributed by atoms with Crippen molar-refractivity contribution in [1.29, 1.82) is 0 Å². The van der Waals surface area contributed by atoms with Crippen LogP contribution in [0.25, 0.3) is 0 Å². The molecule has 0 unspecified atom stereocenters. The van der Waals surface area contributed by atoms with Gasteiger partial charge in [-0.3, -0.25) is 38.4 Å². The highest BCUT2D eigenvalue weighted by atomic mass is 16.4. The van der Waals surface area contributed by atoms with Crippen LogP contribution in [0.15, 0.2) is 24.3 Å². The Kier molecular flexibility index (Phi) is 31.2. The molecule has 0 heterocycles. The van der Waals surface area contributed by atoms with E-state index >= 15 is 0 Å². The van der Waals surface area contributed by atoms with E-state index in [2.05, 4.69) is 37.2 Å². The zero-order valence-corrected chi connectivity index (χ0v) is 40.1. The second kappa shape index (κ2) is 35.1. The highest BCUT2D eigenvalue weighted by Crippen LogP contribution is 2.11. The van der Waals surface area contributed by atoms with E-state index in [1.165, 1.54) is 0 Å². The van der Waals surface area contributed by atoms with Crippen LogP contribution in [0.3, 0.4) is 0 Å². The van der Waals surface area contributed by atoms with Gasteiger partial charge in [0.25, 0.3) is 0 Å². The minimum absolute atomic E-state index is 0.0923. The van der Waals surface area contributed by atoms with Gasteiger partial charge in [0.05, 0.1) is 37.9 Å². The average molecular weight is 1050 g/mol. The summed E-state index contributed by atoms with van der Waals surface area (Å²) in [5.41, 5.74) is 12.0. The molecule has 0 aliphatic rings. The van der Waals surface area contributed by atoms with Crippen molar-refractivity contribution in [1.82, 2.24) is 37.2 Å². The third-order valence-corrected chi connectivity index (χ3v) is 11.0. The number of carboxylic acid groups (broad SMARTS) is 2. The summed E-state index contributed by atoms with van der Waals surface area (Å²) >= 11 is 0. The first-order valence-corrected chi connectivity index (χ1v) is 23.4. The number of carbonyl (C=O) groups is 9.